The van der Waals surface area contributed by atoms with Crippen LogP contribution in [0, 0.1) is 6.92 Å². The predicted octanol–water partition coefficient (Wildman–Crippen LogP) is 2.34. The van der Waals surface area contributed by atoms with Crippen LogP contribution in [0.3, 0.4) is 0 Å². The van der Waals surface area contributed by atoms with E-state index in [9.17, 15) is 4.79 Å². The van der Waals surface area contributed by atoms with Crippen molar-refractivity contribution >= 4 is 33.3 Å². The van der Waals surface area contributed by atoms with Crippen molar-refractivity contribution in [2.45, 2.75) is 32.2 Å². The Balaban J connectivity index is 1.49. The number of nitrogens with zero attached hydrogens (tertiary/aromatic N) is 2. The second-order valence-electron chi connectivity index (χ2n) is 6.52. The number of benzene rings is 1. The fourth-order valence-electron chi connectivity index (χ4n) is 3.45. The maximum atomic E-state index is 12.4. The molecule has 1 amide bonds. The molecule has 3 aromatic rings. The Bertz CT molecular complexity index is 855. The van der Waals surface area contributed by atoms with Gasteiger partial charge < -0.3 is 14.7 Å². The second-order valence-corrected chi connectivity index (χ2v) is 7.59. The highest BCUT2D eigenvalue weighted by Crippen LogP contribution is 2.28. The SMILES string of the molecule is Cc1cc(NC(=O)C[NH+]2CCCC[C@H]2c2nc3ccccc3s2)no1. The molecule has 3 heterocycles. The van der Waals surface area contributed by atoms with Gasteiger partial charge in [0.15, 0.2) is 17.4 Å². The van der Waals surface area contributed by atoms with E-state index in [-0.39, 0.29) is 11.9 Å². The second kappa shape index (κ2) is 6.93. The van der Waals surface area contributed by atoms with Crippen LogP contribution in [0.25, 0.3) is 10.2 Å². The Morgan fingerprint density at radius 2 is 2.28 bits per heavy atom. The third kappa shape index (κ3) is 3.57. The predicted molar refractivity (Wildman–Crippen MR) is 96.8 cm³/mol. The van der Waals surface area contributed by atoms with Crippen molar-refractivity contribution in [3.63, 3.8) is 0 Å². The van der Waals surface area contributed by atoms with Crippen molar-refractivity contribution < 1.29 is 14.2 Å². The lowest BCUT2D eigenvalue weighted by Gasteiger charge is -2.30. The molecule has 2 N–H and O–H groups in total. The Hall–Kier alpha value is -2.25. The van der Waals surface area contributed by atoms with Gasteiger partial charge in [0.2, 0.25) is 0 Å². The highest BCUT2D eigenvalue weighted by molar-refractivity contribution is 7.18. The van der Waals surface area contributed by atoms with Crippen LogP contribution in [-0.4, -0.2) is 29.1 Å². The van der Waals surface area contributed by atoms with Gasteiger partial charge in [-0.2, -0.15) is 0 Å². The first-order chi connectivity index (χ1) is 12.2. The van der Waals surface area contributed by atoms with Gasteiger partial charge in [0.25, 0.3) is 5.91 Å². The molecule has 2 atom stereocenters. The van der Waals surface area contributed by atoms with Gasteiger partial charge in [-0.15, -0.1) is 11.3 Å². The summed E-state index contributed by atoms with van der Waals surface area (Å²) in [6.45, 7) is 3.22. The molecular formula is C18H21N4O2S+. The molecule has 7 heteroatoms. The van der Waals surface area contributed by atoms with E-state index >= 15 is 0 Å². The van der Waals surface area contributed by atoms with Gasteiger partial charge in [-0.05, 0) is 31.9 Å². The Morgan fingerprint density at radius 1 is 1.40 bits per heavy atom. The zero-order valence-corrected chi connectivity index (χ0v) is 14.9. The van der Waals surface area contributed by atoms with Crippen LogP contribution >= 0.6 is 11.3 Å². The lowest BCUT2D eigenvalue weighted by molar-refractivity contribution is -0.929. The lowest BCUT2D eigenvalue weighted by Crippen LogP contribution is -3.14. The molecule has 1 fully saturated rings. The number of carbonyl (C=O) groups excluding carboxylic acids is 1. The number of quaternary nitrogens is 1. The standard InChI is InChI=1S/C18H20N4O2S/c1-12-10-16(21-24-12)20-17(23)11-22-9-5-4-7-14(22)18-19-13-6-2-3-8-15(13)25-18/h2-3,6,8,10,14H,4-5,7,9,11H2,1H3,(H,20,21,23)/p+1/t14-/m0/s1. The molecule has 1 aliphatic heterocycles. The molecule has 4 rings (SSSR count). The number of aromatic nitrogens is 2. The minimum Gasteiger partial charge on any atom is -0.360 e. The Morgan fingerprint density at radius 3 is 3.08 bits per heavy atom. The van der Waals surface area contributed by atoms with E-state index in [1.165, 1.54) is 16.0 Å². The molecule has 1 aliphatic rings. The molecule has 0 bridgehead atoms. The minimum atomic E-state index is -0.0312. The van der Waals surface area contributed by atoms with Gasteiger partial charge >= 0.3 is 0 Å². The minimum absolute atomic E-state index is 0.0312. The molecule has 0 spiro atoms. The van der Waals surface area contributed by atoms with Crippen molar-refractivity contribution in [3.05, 3.63) is 41.1 Å². The number of hydrogen-bond donors (Lipinski definition) is 2. The third-order valence-corrected chi connectivity index (χ3v) is 5.78. The summed E-state index contributed by atoms with van der Waals surface area (Å²) in [6.07, 6.45) is 3.41. The Labute approximate surface area is 149 Å². The number of rotatable bonds is 4. The normalized spacial score (nSPS) is 20.7. The van der Waals surface area contributed by atoms with E-state index in [0.717, 1.165) is 29.9 Å². The molecular weight excluding hydrogens is 336 g/mol. The van der Waals surface area contributed by atoms with E-state index in [2.05, 4.69) is 22.6 Å². The van der Waals surface area contributed by atoms with Gasteiger partial charge in [0, 0.05) is 12.5 Å². The number of carbonyl (C=O) groups is 1. The molecule has 1 aromatic carbocycles. The molecule has 1 saturated heterocycles. The number of anilines is 1. The summed E-state index contributed by atoms with van der Waals surface area (Å²) >= 11 is 1.75. The maximum Gasteiger partial charge on any atom is 0.280 e. The molecule has 0 aliphatic carbocycles. The van der Waals surface area contributed by atoms with Gasteiger partial charge in [0.05, 0.1) is 16.8 Å². The smallest absolute Gasteiger partial charge is 0.280 e. The van der Waals surface area contributed by atoms with Crippen molar-refractivity contribution in [1.82, 2.24) is 10.1 Å². The molecule has 25 heavy (non-hydrogen) atoms. The van der Waals surface area contributed by atoms with Crippen LogP contribution in [0.5, 0.6) is 0 Å². The molecule has 2 aromatic heterocycles. The maximum absolute atomic E-state index is 12.4. The Kier molecular flexibility index (Phi) is 4.50. The summed E-state index contributed by atoms with van der Waals surface area (Å²) < 4.78 is 6.21. The van der Waals surface area contributed by atoms with Crippen LogP contribution in [0.4, 0.5) is 5.82 Å². The van der Waals surface area contributed by atoms with E-state index in [1.807, 2.05) is 19.1 Å². The summed E-state index contributed by atoms with van der Waals surface area (Å²) in [5.74, 6) is 1.14. The van der Waals surface area contributed by atoms with Crippen molar-refractivity contribution in [1.29, 1.82) is 0 Å². The number of aryl methyl sites for hydroxylation is 1. The highest BCUT2D eigenvalue weighted by atomic mass is 32.1. The molecule has 1 unspecified atom stereocenters. The average molecular weight is 357 g/mol. The topological polar surface area (TPSA) is 72.5 Å². The number of nitrogens with one attached hydrogen (secondary N) is 2. The highest BCUT2D eigenvalue weighted by Gasteiger charge is 2.32. The quantitative estimate of drug-likeness (QED) is 0.752. The van der Waals surface area contributed by atoms with Gasteiger partial charge in [-0.25, -0.2) is 4.98 Å². The summed E-state index contributed by atoms with van der Waals surface area (Å²) in [5, 5.41) is 7.80. The van der Waals surface area contributed by atoms with E-state index in [0.29, 0.717) is 18.1 Å². The van der Waals surface area contributed by atoms with Crippen molar-refractivity contribution in [2.75, 3.05) is 18.4 Å². The number of piperidine rings is 1. The number of hydrogen-bond acceptors (Lipinski definition) is 5. The number of likely N-dealkylation sites (tertiary alicyclic amines) is 1. The first kappa shape index (κ1) is 16.2. The van der Waals surface area contributed by atoms with Gasteiger partial charge in [-0.1, -0.05) is 17.3 Å². The largest absolute Gasteiger partial charge is 0.360 e. The molecule has 0 radical (unpaired) electrons. The zero-order valence-electron chi connectivity index (χ0n) is 14.1. The van der Waals surface area contributed by atoms with Crippen LogP contribution in [0.1, 0.15) is 36.1 Å². The number of thiazole rings is 1. The first-order valence-electron chi connectivity index (χ1n) is 8.62. The van der Waals surface area contributed by atoms with Crippen LogP contribution in [0.15, 0.2) is 34.9 Å². The summed E-state index contributed by atoms with van der Waals surface area (Å²) in [5.41, 5.74) is 1.05. The van der Waals surface area contributed by atoms with Gasteiger partial charge in [0.1, 0.15) is 11.8 Å². The average Bonchev–Trinajstić information content (AvgIpc) is 3.21. The van der Waals surface area contributed by atoms with Crippen LogP contribution in [-0.2, 0) is 4.79 Å². The fourth-order valence-corrected chi connectivity index (χ4v) is 4.61. The van der Waals surface area contributed by atoms with Crippen molar-refractivity contribution in [2.24, 2.45) is 0 Å². The number of para-hydroxylation sites is 1. The number of fused-ring (bicyclic) bond motifs is 1. The van der Waals surface area contributed by atoms with E-state index in [1.54, 1.807) is 17.4 Å². The zero-order chi connectivity index (χ0) is 17.2. The summed E-state index contributed by atoms with van der Waals surface area (Å²) in [4.78, 5) is 18.5. The molecule has 0 saturated carbocycles. The van der Waals surface area contributed by atoms with E-state index < -0.39 is 0 Å². The third-order valence-electron chi connectivity index (χ3n) is 4.63. The first-order valence-corrected chi connectivity index (χ1v) is 9.44. The lowest BCUT2D eigenvalue weighted by atomic mass is 10.0. The summed E-state index contributed by atoms with van der Waals surface area (Å²) in [7, 11) is 0. The van der Waals surface area contributed by atoms with E-state index in [4.69, 9.17) is 9.51 Å². The monoisotopic (exact) mass is 357 g/mol. The van der Waals surface area contributed by atoms with Crippen molar-refractivity contribution in [3.8, 4) is 0 Å². The molecule has 6 nitrogen and oxygen atoms in total. The van der Waals surface area contributed by atoms with Crippen LogP contribution < -0.4 is 10.2 Å². The van der Waals surface area contributed by atoms with Gasteiger partial charge in [-0.3, -0.25) is 4.79 Å². The van der Waals surface area contributed by atoms with Crippen LogP contribution in [0.2, 0.25) is 0 Å². The fraction of sp³-hybridized carbons (Fsp3) is 0.389. The summed E-state index contributed by atoms with van der Waals surface area (Å²) in [6, 6.07) is 10.2. The molecule has 130 valence electrons. The number of amides is 1.